The van der Waals surface area contributed by atoms with Crippen molar-refractivity contribution in [2.75, 3.05) is 6.54 Å². The number of thiazole rings is 1. The Bertz CT molecular complexity index is 556. The molecule has 1 saturated carbocycles. The van der Waals surface area contributed by atoms with Crippen LogP contribution in [0.25, 0.3) is 4.96 Å². The number of aromatic nitrogens is 2. The average Bonchev–Trinajstić information content (AvgIpc) is 3.00. The van der Waals surface area contributed by atoms with Crippen LogP contribution >= 0.6 is 11.3 Å². The fraction of sp³-hybridized carbons (Fsp3) is 0.571. The lowest BCUT2D eigenvalue weighted by atomic mass is 9.82. The summed E-state index contributed by atoms with van der Waals surface area (Å²) in [5.74, 6) is -0.144. The Balaban J connectivity index is 1.42. The van der Waals surface area contributed by atoms with Crippen molar-refractivity contribution in [1.82, 2.24) is 14.7 Å². The number of carbonyl (C=O) groups is 1. The number of aliphatic carboxylic acids is 1. The van der Waals surface area contributed by atoms with E-state index in [0.717, 1.165) is 49.4 Å². The lowest BCUT2D eigenvalue weighted by Crippen LogP contribution is -2.28. The van der Waals surface area contributed by atoms with Crippen LogP contribution in [-0.4, -0.2) is 27.0 Å². The Kier molecular flexibility index (Phi) is 4.03. The number of imidazole rings is 1. The van der Waals surface area contributed by atoms with Gasteiger partial charge in [-0.1, -0.05) is 0 Å². The van der Waals surface area contributed by atoms with Gasteiger partial charge in [-0.2, -0.15) is 0 Å². The van der Waals surface area contributed by atoms with E-state index in [4.69, 9.17) is 5.11 Å². The van der Waals surface area contributed by atoms with E-state index < -0.39 is 5.97 Å². The first-order chi connectivity index (χ1) is 9.72. The molecule has 108 valence electrons. The third-order valence-corrected chi connectivity index (χ3v) is 4.85. The summed E-state index contributed by atoms with van der Waals surface area (Å²) in [6.45, 7) is 1.74. The van der Waals surface area contributed by atoms with Gasteiger partial charge in [-0.25, -0.2) is 4.98 Å². The summed E-state index contributed by atoms with van der Waals surface area (Å²) in [6, 6.07) is 0. The van der Waals surface area contributed by atoms with Crippen LogP contribution in [0.15, 0.2) is 17.8 Å². The molecule has 20 heavy (non-hydrogen) atoms. The summed E-state index contributed by atoms with van der Waals surface area (Å²) in [5, 5.41) is 14.4. The van der Waals surface area contributed by atoms with Crippen LogP contribution < -0.4 is 5.32 Å². The van der Waals surface area contributed by atoms with Crippen molar-refractivity contribution in [2.45, 2.75) is 32.2 Å². The van der Waals surface area contributed by atoms with Gasteiger partial charge in [0.15, 0.2) is 4.96 Å². The normalized spacial score (nSPS) is 23.2. The molecule has 1 aliphatic carbocycles. The van der Waals surface area contributed by atoms with E-state index >= 15 is 0 Å². The fourth-order valence-corrected chi connectivity index (χ4v) is 3.60. The van der Waals surface area contributed by atoms with Gasteiger partial charge in [0.2, 0.25) is 0 Å². The van der Waals surface area contributed by atoms with Gasteiger partial charge < -0.3 is 10.4 Å². The van der Waals surface area contributed by atoms with Gasteiger partial charge >= 0.3 is 5.97 Å². The molecule has 6 heteroatoms. The van der Waals surface area contributed by atoms with Gasteiger partial charge in [-0.05, 0) is 38.1 Å². The number of nitrogens with zero attached hydrogens (tertiary/aromatic N) is 2. The number of carboxylic acid groups (broad SMARTS) is 1. The van der Waals surface area contributed by atoms with Crippen LogP contribution in [0.4, 0.5) is 0 Å². The molecule has 2 heterocycles. The molecule has 0 atom stereocenters. The number of rotatable bonds is 5. The minimum Gasteiger partial charge on any atom is -0.481 e. The Hall–Kier alpha value is -1.40. The summed E-state index contributed by atoms with van der Waals surface area (Å²) in [5.41, 5.74) is 1.07. The van der Waals surface area contributed by atoms with Crippen molar-refractivity contribution in [2.24, 2.45) is 11.8 Å². The lowest BCUT2D eigenvalue weighted by molar-refractivity contribution is -0.143. The number of nitrogens with one attached hydrogen (secondary N) is 1. The number of carboxylic acids is 1. The molecule has 0 radical (unpaired) electrons. The highest BCUT2D eigenvalue weighted by atomic mass is 32.1. The largest absolute Gasteiger partial charge is 0.481 e. The molecular weight excluding hydrogens is 274 g/mol. The van der Waals surface area contributed by atoms with Crippen LogP contribution in [-0.2, 0) is 11.3 Å². The highest BCUT2D eigenvalue weighted by Crippen LogP contribution is 2.28. The first kappa shape index (κ1) is 13.6. The van der Waals surface area contributed by atoms with Gasteiger partial charge in [0, 0.05) is 24.3 Å². The van der Waals surface area contributed by atoms with E-state index in [1.54, 1.807) is 11.3 Å². The Morgan fingerprint density at radius 3 is 2.95 bits per heavy atom. The smallest absolute Gasteiger partial charge is 0.306 e. The highest BCUT2D eigenvalue weighted by Gasteiger charge is 2.25. The summed E-state index contributed by atoms with van der Waals surface area (Å²) < 4.78 is 2.04. The number of hydrogen-bond donors (Lipinski definition) is 2. The third-order valence-electron chi connectivity index (χ3n) is 4.08. The summed E-state index contributed by atoms with van der Waals surface area (Å²) in [4.78, 5) is 16.5. The van der Waals surface area contributed by atoms with Crippen LogP contribution in [0.1, 0.15) is 31.4 Å². The van der Waals surface area contributed by atoms with E-state index in [9.17, 15) is 4.79 Å². The SMILES string of the molecule is O=C(O)C1CCC(CNCc2cn3ccsc3n2)CC1. The van der Waals surface area contributed by atoms with Crippen LogP contribution in [0.5, 0.6) is 0 Å². The van der Waals surface area contributed by atoms with Crippen LogP contribution in [0.2, 0.25) is 0 Å². The molecule has 0 saturated heterocycles. The summed E-state index contributed by atoms with van der Waals surface area (Å²) in [7, 11) is 0. The zero-order chi connectivity index (χ0) is 13.9. The third kappa shape index (κ3) is 3.02. The van der Waals surface area contributed by atoms with Gasteiger partial charge in [-0.3, -0.25) is 9.20 Å². The van der Waals surface area contributed by atoms with Gasteiger partial charge in [0.25, 0.3) is 0 Å². The molecule has 2 N–H and O–H groups in total. The zero-order valence-corrected chi connectivity index (χ0v) is 12.1. The molecule has 2 aromatic rings. The van der Waals surface area contributed by atoms with Crippen LogP contribution in [0, 0.1) is 11.8 Å². The second-order valence-corrected chi connectivity index (χ2v) is 6.38. The van der Waals surface area contributed by atoms with Crippen molar-refractivity contribution < 1.29 is 9.90 Å². The Morgan fingerprint density at radius 1 is 1.45 bits per heavy atom. The molecule has 1 fully saturated rings. The maximum absolute atomic E-state index is 10.9. The van der Waals surface area contributed by atoms with E-state index in [2.05, 4.69) is 16.5 Å². The number of fused-ring (bicyclic) bond motifs is 1. The van der Waals surface area contributed by atoms with E-state index in [1.807, 2.05) is 16.0 Å². The quantitative estimate of drug-likeness (QED) is 0.888. The minimum atomic E-state index is -0.630. The first-order valence-electron chi connectivity index (χ1n) is 7.07. The maximum atomic E-state index is 10.9. The topological polar surface area (TPSA) is 66.6 Å². The fourth-order valence-electron chi connectivity index (χ4n) is 2.88. The molecular formula is C14H19N3O2S. The summed E-state index contributed by atoms with van der Waals surface area (Å²) >= 11 is 1.64. The minimum absolute atomic E-state index is 0.119. The molecule has 0 spiro atoms. The number of hydrogen-bond acceptors (Lipinski definition) is 4. The molecule has 0 aromatic carbocycles. The standard InChI is InChI=1S/C14H19N3O2S/c18-13(19)11-3-1-10(2-4-11)7-15-8-12-9-17-5-6-20-14(17)16-12/h5-6,9-11,15H,1-4,7-8H2,(H,18,19). The highest BCUT2D eigenvalue weighted by molar-refractivity contribution is 7.15. The van der Waals surface area contributed by atoms with Gasteiger partial charge in [0.05, 0.1) is 11.6 Å². The Morgan fingerprint density at radius 2 is 2.25 bits per heavy atom. The predicted octanol–water partition coefficient (Wildman–Crippen LogP) is 2.38. The molecule has 0 unspecified atom stereocenters. The van der Waals surface area contributed by atoms with Crippen molar-refractivity contribution in [3.63, 3.8) is 0 Å². The molecule has 0 bridgehead atoms. The molecule has 2 aromatic heterocycles. The van der Waals surface area contributed by atoms with Gasteiger partial charge in [0.1, 0.15) is 0 Å². The molecule has 3 rings (SSSR count). The van der Waals surface area contributed by atoms with E-state index in [1.165, 1.54) is 0 Å². The average molecular weight is 293 g/mol. The van der Waals surface area contributed by atoms with Crippen molar-refractivity contribution in [1.29, 1.82) is 0 Å². The van der Waals surface area contributed by atoms with Crippen molar-refractivity contribution in [3.8, 4) is 0 Å². The zero-order valence-electron chi connectivity index (χ0n) is 11.3. The second kappa shape index (κ2) is 5.93. The lowest BCUT2D eigenvalue weighted by Gasteiger charge is -2.26. The van der Waals surface area contributed by atoms with Crippen LogP contribution in [0.3, 0.4) is 0 Å². The predicted molar refractivity (Wildman–Crippen MR) is 77.9 cm³/mol. The van der Waals surface area contributed by atoms with Crippen molar-refractivity contribution >= 4 is 22.3 Å². The maximum Gasteiger partial charge on any atom is 0.306 e. The second-order valence-electron chi connectivity index (χ2n) is 5.51. The molecule has 1 aliphatic rings. The molecule has 5 nitrogen and oxygen atoms in total. The molecule has 0 aliphatic heterocycles. The van der Waals surface area contributed by atoms with Gasteiger partial charge in [-0.15, -0.1) is 11.3 Å². The summed E-state index contributed by atoms with van der Waals surface area (Å²) in [6.07, 6.45) is 7.75. The first-order valence-corrected chi connectivity index (χ1v) is 7.95. The monoisotopic (exact) mass is 293 g/mol. The molecule has 0 amide bonds. The van der Waals surface area contributed by atoms with E-state index in [-0.39, 0.29) is 5.92 Å². The Labute approximate surface area is 121 Å². The van der Waals surface area contributed by atoms with Crippen molar-refractivity contribution in [3.05, 3.63) is 23.5 Å². The van der Waals surface area contributed by atoms with E-state index in [0.29, 0.717) is 5.92 Å².